The van der Waals surface area contributed by atoms with Crippen molar-refractivity contribution in [2.24, 2.45) is 0 Å². The smallest absolute Gasteiger partial charge is 0.408 e. The number of likely N-dealkylation sites (tertiary alicyclic amines) is 1. The molecule has 0 aromatic rings. The van der Waals surface area contributed by atoms with Crippen molar-refractivity contribution in [1.82, 2.24) is 15.5 Å². The molecule has 1 amide bonds. The highest BCUT2D eigenvalue weighted by Crippen LogP contribution is 2.31. The van der Waals surface area contributed by atoms with E-state index in [0.29, 0.717) is 6.04 Å². The van der Waals surface area contributed by atoms with Crippen LogP contribution in [0.4, 0.5) is 4.79 Å². The molecule has 1 unspecified atom stereocenters. The van der Waals surface area contributed by atoms with Gasteiger partial charge >= 0.3 is 6.09 Å². The Kier molecular flexibility index (Phi) is 5.72. The number of rotatable bonds is 5. The molecule has 0 aromatic heterocycles. The Labute approximate surface area is 135 Å². The fourth-order valence-electron chi connectivity index (χ4n) is 3.35. The van der Waals surface area contributed by atoms with Crippen LogP contribution in [0, 0.1) is 0 Å². The van der Waals surface area contributed by atoms with Crippen molar-refractivity contribution in [2.75, 3.05) is 26.7 Å². The first-order chi connectivity index (χ1) is 10.3. The molecule has 1 aliphatic carbocycles. The molecule has 5 nitrogen and oxygen atoms in total. The summed E-state index contributed by atoms with van der Waals surface area (Å²) in [4.78, 5) is 14.5. The van der Waals surface area contributed by atoms with Crippen LogP contribution in [0.1, 0.15) is 59.3 Å². The lowest BCUT2D eigenvalue weighted by molar-refractivity contribution is 0.0379. The Hall–Kier alpha value is -0.810. The molecular formula is C17H33N3O2. The highest BCUT2D eigenvalue weighted by Gasteiger charge is 2.39. The monoisotopic (exact) mass is 311 g/mol. The minimum absolute atomic E-state index is 0.102. The Bertz CT molecular complexity index is 375. The van der Waals surface area contributed by atoms with Gasteiger partial charge in [-0.05, 0) is 66.5 Å². The molecule has 1 heterocycles. The quantitative estimate of drug-likeness (QED) is 0.819. The van der Waals surface area contributed by atoms with Crippen LogP contribution in [-0.2, 0) is 4.74 Å². The van der Waals surface area contributed by atoms with E-state index in [1.807, 2.05) is 20.8 Å². The third-order valence-corrected chi connectivity index (χ3v) is 4.84. The molecule has 0 aromatic carbocycles. The maximum Gasteiger partial charge on any atom is 0.408 e. The molecule has 0 radical (unpaired) electrons. The number of hydrogen-bond acceptors (Lipinski definition) is 4. The van der Waals surface area contributed by atoms with Crippen LogP contribution in [0.2, 0.25) is 0 Å². The maximum absolute atomic E-state index is 12.0. The lowest BCUT2D eigenvalue weighted by Gasteiger charge is -2.43. The molecule has 2 aliphatic rings. The molecule has 0 spiro atoms. The van der Waals surface area contributed by atoms with E-state index in [9.17, 15) is 4.79 Å². The second-order valence-corrected chi connectivity index (χ2v) is 8.02. The molecule has 5 heteroatoms. The zero-order chi connectivity index (χ0) is 16.2. The molecule has 1 aliphatic heterocycles. The molecule has 22 heavy (non-hydrogen) atoms. The van der Waals surface area contributed by atoms with Gasteiger partial charge < -0.3 is 20.3 Å². The van der Waals surface area contributed by atoms with Gasteiger partial charge in [-0.1, -0.05) is 6.42 Å². The van der Waals surface area contributed by atoms with Crippen LogP contribution >= 0.6 is 0 Å². The van der Waals surface area contributed by atoms with E-state index in [2.05, 4.69) is 22.6 Å². The summed E-state index contributed by atoms with van der Waals surface area (Å²) >= 11 is 0. The summed E-state index contributed by atoms with van der Waals surface area (Å²) in [5, 5.41) is 6.68. The van der Waals surface area contributed by atoms with E-state index in [1.54, 1.807) is 0 Å². The summed E-state index contributed by atoms with van der Waals surface area (Å²) in [6.07, 6.45) is 6.90. The number of carbonyl (C=O) groups excluding carboxylic acids is 1. The summed E-state index contributed by atoms with van der Waals surface area (Å²) < 4.78 is 5.40. The number of likely N-dealkylation sites (N-methyl/N-ethyl adjacent to an activating group) is 1. The van der Waals surface area contributed by atoms with Crippen molar-refractivity contribution in [2.45, 2.75) is 76.5 Å². The van der Waals surface area contributed by atoms with Gasteiger partial charge in [-0.2, -0.15) is 0 Å². The third-order valence-electron chi connectivity index (χ3n) is 4.84. The second kappa shape index (κ2) is 7.18. The number of amides is 1. The molecule has 2 fully saturated rings. The normalized spacial score (nSPS) is 25.4. The van der Waals surface area contributed by atoms with E-state index >= 15 is 0 Å². The van der Waals surface area contributed by atoms with Crippen LogP contribution in [0.3, 0.4) is 0 Å². The van der Waals surface area contributed by atoms with Gasteiger partial charge in [0.2, 0.25) is 0 Å². The summed E-state index contributed by atoms with van der Waals surface area (Å²) in [6, 6.07) is 0.632. The fourth-order valence-corrected chi connectivity index (χ4v) is 3.35. The lowest BCUT2D eigenvalue weighted by atomic mass is 9.76. The summed E-state index contributed by atoms with van der Waals surface area (Å²) in [7, 11) is 2.21. The van der Waals surface area contributed by atoms with Gasteiger partial charge in [0.1, 0.15) is 5.60 Å². The van der Waals surface area contributed by atoms with Crippen LogP contribution in [0.25, 0.3) is 0 Å². The minimum atomic E-state index is -0.437. The van der Waals surface area contributed by atoms with Crippen LogP contribution in [-0.4, -0.2) is 54.9 Å². The average Bonchev–Trinajstić information content (AvgIpc) is 2.35. The van der Waals surface area contributed by atoms with Gasteiger partial charge in [-0.3, -0.25) is 0 Å². The van der Waals surface area contributed by atoms with Crippen molar-refractivity contribution in [3.8, 4) is 0 Å². The average molecular weight is 311 g/mol. The van der Waals surface area contributed by atoms with Gasteiger partial charge in [-0.25, -0.2) is 4.79 Å². The molecular weight excluding hydrogens is 278 g/mol. The Morgan fingerprint density at radius 2 is 2.00 bits per heavy atom. The molecule has 2 rings (SSSR count). The number of alkyl carbamates (subject to hydrolysis) is 1. The summed E-state index contributed by atoms with van der Waals surface area (Å²) in [5.74, 6) is 0. The number of piperidine rings is 1. The number of nitrogens with zero attached hydrogens (tertiary/aromatic N) is 1. The van der Waals surface area contributed by atoms with E-state index in [0.717, 1.165) is 25.9 Å². The summed E-state index contributed by atoms with van der Waals surface area (Å²) in [5.41, 5.74) is -0.539. The van der Waals surface area contributed by atoms with Crippen LogP contribution < -0.4 is 10.6 Å². The Morgan fingerprint density at radius 1 is 1.27 bits per heavy atom. The standard InChI is InChI=1S/C17H33N3O2/c1-16(2,3)22-15(21)19-17(9-7-10-17)13-18-12-14-8-5-6-11-20(14)4/h14,18H,5-13H2,1-4H3,(H,19,21). The zero-order valence-electron chi connectivity index (χ0n) is 14.7. The molecule has 1 saturated carbocycles. The van der Waals surface area contributed by atoms with Gasteiger partial charge in [0.05, 0.1) is 5.54 Å². The predicted octanol–water partition coefficient (Wildman–Crippen LogP) is 2.51. The molecule has 0 bridgehead atoms. The highest BCUT2D eigenvalue weighted by molar-refractivity contribution is 5.69. The van der Waals surface area contributed by atoms with E-state index in [1.165, 1.54) is 32.2 Å². The predicted molar refractivity (Wildman–Crippen MR) is 89.1 cm³/mol. The van der Waals surface area contributed by atoms with Gasteiger partial charge in [0.15, 0.2) is 0 Å². The van der Waals surface area contributed by atoms with Crippen LogP contribution in [0.5, 0.6) is 0 Å². The first kappa shape index (κ1) is 17.5. The molecule has 1 saturated heterocycles. The highest BCUT2D eigenvalue weighted by atomic mass is 16.6. The van der Waals surface area contributed by atoms with Crippen molar-refractivity contribution < 1.29 is 9.53 Å². The van der Waals surface area contributed by atoms with Crippen molar-refractivity contribution in [3.05, 3.63) is 0 Å². The molecule has 2 N–H and O–H groups in total. The zero-order valence-corrected chi connectivity index (χ0v) is 14.7. The number of ether oxygens (including phenoxy) is 1. The van der Waals surface area contributed by atoms with E-state index < -0.39 is 5.60 Å². The molecule has 128 valence electrons. The second-order valence-electron chi connectivity index (χ2n) is 8.02. The third kappa shape index (κ3) is 5.13. The van der Waals surface area contributed by atoms with Gasteiger partial charge in [0.25, 0.3) is 0 Å². The van der Waals surface area contributed by atoms with E-state index in [-0.39, 0.29) is 11.6 Å². The lowest BCUT2D eigenvalue weighted by Crippen LogP contribution is -2.60. The molecule has 1 atom stereocenters. The van der Waals surface area contributed by atoms with Crippen molar-refractivity contribution in [3.63, 3.8) is 0 Å². The fraction of sp³-hybridized carbons (Fsp3) is 0.941. The van der Waals surface area contributed by atoms with E-state index in [4.69, 9.17) is 4.74 Å². The first-order valence-corrected chi connectivity index (χ1v) is 8.72. The maximum atomic E-state index is 12.0. The minimum Gasteiger partial charge on any atom is -0.444 e. The van der Waals surface area contributed by atoms with Gasteiger partial charge in [-0.15, -0.1) is 0 Å². The van der Waals surface area contributed by atoms with Crippen molar-refractivity contribution >= 4 is 6.09 Å². The van der Waals surface area contributed by atoms with Crippen LogP contribution in [0.15, 0.2) is 0 Å². The Morgan fingerprint density at radius 3 is 2.55 bits per heavy atom. The number of nitrogens with one attached hydrogen (secondary N) is 2. The SMILES string of the molecule is CN1CCCCC1CNCC1(NC(=O)OC(C)(C)C)CCC1. The van der Waals surface area contributed by atoms with Gasteiger partial charge in [0, 0.05) is 19.1 Å². The Balaban J connectivity index is 1.75. The largest absolute Gasteiger partial charge is 0.444 e. The first-order valence-electron chi connectivity index (χ1n) is 8.72. The number of hydrogen-bond donors (Lipinski definition) is 2. The summed E-state index contributed by atoms with van der Waals surface area (Å²) in [6.45, 7) is 8.75. The topological polar surface area (TPSA) is 53.6 Å². The number of carbonyl (C=O) groups is 1. The van der Waals surface area contributed by atoms with Crippen molar-refractivity contribution in [1.29, 1.82) is 0 Å².